The predicted molar refractivity (Wildman–Crippen MR) is 63.9 cm³/mol. The second-order valence-corrected chi connectivity index (χ2v) is 3.49. The Morgan fingerprint density at radius 2 is 2.28 bits per heavy atom. The van der Waals surface area contributed by atoms with E-state index in [1.54, 1.807) is 12.1 Å². The van der Waals surface area contributed by atoms with E-state index in [1.807, 2.05) is 6.92 Å². The van der Waals surface area contributed by atoms with Crippen LogP contribution in [-0.4, -0.2) is 27.6 Å². The van der Waals surface area contributed by atoms with Gasteiger partial charge in [-0.25, -0.2) is 4.98 Å². The van der Waals surface area contributed by atoms with Crippen molar-refractivity contribution in [1.82, 2.24) is 20.4 Å². The van der Waals surface area contributed by atoms with Crippen molar-refractivity contribution < 1.29 is 9.32 Å². The second-order valence-electron chi connectivity index (χ2n) is 3.49. The molecule has 0 atom stereocenters. The maximum absolute atomic E-state index is 11.8. The van der Waals surface area contributed by atoms with Gasteiger partial charge in [0.15, 0.2) is 5.82 Å². The first-order valence-electron chi connectivity index (χ1n) is 5.53. The maximum Gasteiger partial charge on any atom is 0.253 e. The van der Waals surface area contributed by atoms with Crippen LogP contribution in [0.25, 0.3) is 0 Å². The highest BCUT2D eigenvalue weighted by atomic mass is 16.5. The van der Waals surface area contributed by atoms with E-state index >= 15 is 0 Å². The first-order valence-corrected chi connectivity index (χ1v) is 5.53. The SMILES string of the molecule is CCNc1ccc(C(=O)NCc2ncon2)cn1. The van der Waals surface area contributed by atoms with E-state index in [4.69, 9.17) is 0 Å². The van der Waals surface area contributed by atoms with Crippen LogP contribution in [0.4, 0.5) is 5.82 Å². The van der Waals surface area contributed by atoms with Crippen LogP contribution in [0.2, 0.25) is 0 Å². The summed E-state index contributed by atoms with van der Waals surface area (Å²) in [7, 11) is 0. The molecule has 2 aromatic rings. The monoisotopic (exact) mass is 247 g/mol. The lowest BCUT2D eigenvalue weighted by atomic mass is 10.2. The fraction of sp³-hybridized carbons (Fsp3) is 0.273. The van der Waals surface area contributed by atoms with Gasteiger partial charge in [0.2, 0.25) is 6.39 Å². The molecule has 2 N–H and O–H groups in total. The molecule has 2 heterocycles. The molecular formula is C11H13N5O2. The highest BCUT2D eigenvalue weighted by Gasteiger charge is 2.07. The van der Waals surface area contributed by atoms with Gasteiger partial charge >= 0.3 is 0 Å². The molecule has 0 bridgehead atoms. The number of anilines is 1. The summed E-state index contributed by atoms with van der Waals surface area (Å²) in [6, 6.07) is 3.46. The first-order chi connectivity index (χ1) is 8.79. The van der Waals surface area contributed by atoms with Crippen molar-refractivity contribution in [3.63, 3.8) is 0 Å². The van der Waals surface area contributed by atoms with Crippen LogP contribution in [0.5, 0.6) is 0 Å². The lowest BCUT2D eigenvalue weighted by molar-refractivity contribution is 0.0949. The molecule has 0 unspecified atom stereocenters. The number of amides is 1. The van der Waals surface area contributed by atoms with Gasteiger partial charge in [-0.15, -0.1) is 0 Å². The van der Waals surface area contributed by atoms with Gasteiger partial charge in [-0.05, 0) is 19.1 Å². The van der Waals surface area contributed by atoms with E-state index in [0.717, 1.165) is 12.4 Å². The van der Waals surface area contributed by atoms with Crippen molar-refractivity contribution in [1.29, 1.82) is 0 Å². The standard InChI is InChI=1S/C11H13N5O2/c1-2-12-9-4-3-8(5-13-9)11(17)14-6-10-15-7-18-16-10/h3-5,7H,2,6H2,1H3,(H,12,13)(H,14,17). The molecule has 0 aromatic carbocycles. The molecule has 7 heteroatoms. The van der Waals surface area contributed by atoms with E-state index in [0.29, 0.717) is 11.4 Å². The molecular weight excluding hydrogens is 234 g/mol. The number of hydrogen-bond donors (Lipinski definition) is 2. The van der Waals surface area contributed by atoms with Crippen molar-refractivity contribution in [2.75, 3.05) is 11.9 Å². The minimum absolute atomic E-state index is 0.226. The van der Waals surface area contributed by atoms with Crippen LogP contribution in [0.3, 0.4) is 0 Å². The Kier molecular flexibility index (Phi) is 3.85. The molecule has 0 fully saturated rings. The van der Waals surface area contributed by atoms with E-state index in [2.05, 4.69) is 30.3 Å². The Morgan fingerprint density at radius 3 is 2.89 bits per heavy atom. The molecule has 0 radical (unpaired) electrons. The molecule has 2 aromatic heterocycles. The van der Waals surface area contributed by atoms with Crippen LogP contribution in [0.1, 0.15) is 23.1 Å². The summed E-state index contributed by atoms with van der Waals surface area (Å²) in [4.78, 5) is 19.7. The highest BCUT2D eigenvalue weighted by molar-refractivity contribution is 5.93. The molecule has 7 nitrogen and oxygen atoms in total. The molecule has 18 heavy (non-hydrogen) atoms. The minimum Gasteiger partial charge on any atom is -0.370 e. The molecule has 0 aliphatic carbocycles. The van der Waals surface area contributed by atoms with Gasteiger partial charge in [-0.2, -0.15) is 4.98 Å². The topological polar surface area (TPSA) is 92.9 Å². The second kappa shape index (κ2) is 5.76. The van der Waals surface area contributed by atoms with Crippen LogP contribution in [-0.2, 0) is 6.54 Å². The largest absolute Gasteiger partial charge is 0.370 e. The minimum atomic E-state index is -0.227. The third-order valence-corrected chi connectivity index (χ3v) is 2.20. The van der Waals surface area contributed by atoms with Gasteiger partial charge in [-0.1, -0.05) is 5.16 Å². The number of nitrogens with one attached hydrogen (secondary N) is 2. The molecule has 0 saturated heterocycles. The lowest BCUT2D eigenvalue weighted by Crippen LogP contribution is -2.23. The maximum atomic E-state index is 11.8. The molecule has 0 saturated carbocycles. The van der Waals surface area contributed by atoms with Crippen LogP contribution in [0, 0.1) is 0 Å². The number of nitrogens with zero attached hydrogens (tertiary/aromatic N) is 3. The number of carbonyl (C=O) groups is 1. The van der Waals surface area contributed by atoms with Crippen molar-refractivity contribution in [3.05, 3.63) is 36.1 Å². The van der Waals surface area contributed by atoms with Crippen LogP contribution >= 0.6 is 0 Å². The van der Waals surface area contributed by atoms with Crippen LogP contribution < -0.4 is 10.6 Å². The molecule has 94 valence electrons. The normalized spacial score (nSPS) is 10.1. The average Bonchev–Trinajstić information content (AvgIpc) is 2.90. The zero-order chi connectivity index (χ0) is 12.8. The highest BCUT2D eigenvalue weighted by Crippen LogP contribution is 2.04. The number of carbonyl (C=O) groups excluding carboxylic acids is 1. The summed E-state index contributed by atoms with van der Waals surface area (Å²) >= 11 is 0. The molecule has 2 rings (SSSR count). The Bertz CT molecular complexity index is 495. The van der Waals surface area contributed by atoms with Gasteiger partial charge in [-0.3, -0.25) is 4.79 Å². The Hall–Kier alpha value is -2.44. The van der Waals surface area contributed by atoms with E-state index in [1.165, 1.54) is 12.6 Å². The summed E-state index contributed by atoms with van der Waals surface area (Å²) in [6.45, 7) is 2.99. The van der Waals surface area contributed by atoms with Gasteiger partial charge in [0, 0.05) is 12.7 Å². The number of aromatic nitrogens is 3. The van der Waals surface area contributed by atoms with Gasteiger partial charge in [0.05, 0.1) is 12.1 Å². The van der Waals surface area contributed by atoms with E-state index < -0.39 is 0 Å². The Morgan fingerprint density at radius 1 is 1.39 bits per heavy atom. The number of pyridine rings is 1. The van der Waals surface area contributed by atoms with Crippen molar-refractivity contribution in [2.24, 2.45) is 0 Å². The summed E-state index contributed by atoms with van der Waals surface area (Å²) < 4.78 is 4.56. The van der Waals surface area contributed by atoms with Gasteiger partial charge < -0.3 is 15.2 Å². The molecule has 0 aliphatic heterocycles. The molecule has 0 aliphatic rings. The summed E-state index contributed by atoms with van der Waals surface area (Å²) in [6.07, 6.45) is 2.73. The average molecular weight is 247 g/mol. The smallest absolute Gasteiger partial charge is 0.253 e. The van der Waals surface area contributed by atoms with Crippen molar-refractivity contribution in [3.8, 4) is 0 Å². The van der Waals surface area contributed by atoms with E-state index in [-0.39, 0.29) is 12.5 Å². The third-order valence-electron chi connectivity index (χ3n) is 2.20. The summed E-state index contributed by atoms with van der Waals surface area (Å²) in [5, 5.41) is 9.32. The van der Waals surface area contributed by atoms with E-state index in [9.17, 15) is 4.79 Å². The quantitative estimate of drug-likeness (QED) is 0.812. The summed E-state index contributed by atoms with van der Waals surface area (Å²) in [5.41, 5.74) is 0.486. The molecule has 0 spiro atoms. The third kappa shape index (κ3) is 3.03. The fourth-order valence-electron chi connectivity index (χ4n) is 1.35. The zero-order valence-corrected chi connectivity index (χ0v) is 9.88. The van der Waals surface area contributed by atoms with Crippen molar-refractivity contribution >= 4 is 11.7 Å². The molecule has 1 amide bonds. The summed E-state index contributed by atoms with van der Waals surface area (Å²) in [5.74, 6) is 0.947. The fourth-order valence-corrected chi connectivity index (χ4v) is 1.35. The zero-order valence-electron chi connectivity index (χ0n) is 9.88. The van der Waals surface area contributed by atoms with Gasteiger partial charge in [0.1, 0.15) is 5.82 Å². The van der Waals surface area contributed by atoms with Crippen molar-refractivity contribution in [2.45, 2.75) is 13.5 Å². The Labute approximate surface area is 104 Å². The lowest BCUT2D eigenvalue weighted by Gasteiger charge is -2.04. The van der Waals surface area contributed by atoms with Gasteiger partial charge in [0.25, 0.3) is 5.91 Å². The number of rotatable bonds is 5. The number of hydrogen-bond acceptors (Lipinski definition) is 6. The Balaban J connectivity index is 1.92. The van der Waals surface area contributed by atoms with Crippen LogP contribution in [0.15, 0.2) is 29.2 Å². The first kappa shape index (κ1) is 12.0. The predicted octanol–water partition coefficient (Wildman–Crippen LogP) is 0.826.